The van der Waals surface area contributed by atoms with Gasteiger partial charge in [0.25, 0.3) is 5.91 Å². The maximum Gasteiger partial charge on any atom is 0.328 e. The largest absolute Gasteiger partial charge is 0.467 e. The Morgan fingerprint density at radius 3 is 2.22 bits per heavy atom. The summed E-state index contributed by atoms with van der Waals surface area (Å²) in [5.41, 5.74) is 6.31. The van der Waals surface area contributed by atoms with E-state index in [-0.39, 0.29) is 11.7 Å². The number of nitrogens with zero attached hydrogens (tertiary/aromatic N) is 1. The first-order chi connectivity index (χ1) is 19.9. The second-order valence-corrected chi connectivity index (χ2v) is 10.8. The first kappa shape index (κ1) is 29.9. The number of carbonyl (C=O) groups excluding carboxylic acids is 2. The third kappa shape index (κ3) is 7.98. The number of benzene rings is 4. The second kappa shape index (κ2) is 14.5. The van der Waals surface area contributed by atoms with Gasteiger partial charge in [0.05, 0.1) is 7.11 Å². The van der Waals surface area contributed by atoms with Crippen LogP contribution in [0.15, 0.2) is 97.1 Å². The fraction of sp³-hybridized carbons (Fsp3) is 0.235. The van der Waals surface area contributed by atoms with Crippen LogP contribution in [0.25, 0.3) is 11.1 Å². The predicted octanol–water partition coefficient (Wildman–Crippen LogP) is 7.03. The van der Waals surface area contributed by atoms with Crippen LogP contribution < -0.4 is 10.2 Å². The van der Waals surface area contributed by atoms with Gasteiger partial charge in [-0.3, -0.25) is 4.79 Å². The van der Waals surface area contributed by atoms with Crippen molar-refractivity contribution in [3.05, 3.63) is 125 Å². The van der Waals surface area contributed by atoms with Crippen molar-refractivity contribution in [1.29, 1.82) is 0 Å². The lowest BCUT2D eigenvalue weighted by molar-refractivity contribution is -0.142. The van der Waals surface area contributed by atoms with Gasteiger partial charge in [0.1, 0.15) is 11.9 Å². The van der Waals surface area contributed by atoms with Crippen LogP contribution in [-0.2, 0) is 22.6 Å². The molecule has 0 fully saturated rings. The standard InChI is InChI=1S/C34H35FN2O3S/c1-24-9-7-8-12-29(24)31-21-26(15-18-30(31)33(38)36-32(19-20-41-3)34(39)40-2)23-37(28-10-5-4-6-11-28)22-25-13-16-27(35)17-14-25/h4-18,21,32H,19-20,22-23H2,1-3H3,(H,36,38)/t32-/m0/s1. The molecule has 0 aliphatic carbocycles. The molecule has 0 spiro atoms. The van der Waals surface area contributed by atoms with E-state index >= 15 is 0 Å². The maximum absolute atomic E-state index is 13.6. The first-order valence-electron chi connectivity index (χ1n) is 13.5. The number of hydrogen-bond acceptors (Lipinski definition) is 5. The summed E-state index contributed by atoms with van der Waals surface area (Å²) in [6.45, 7) is 3.17. The number of aryl methyl sites for hydroxylation is 1. The van der Waals surface area contributed by atoms with Crippen molar-refractivity contribution in [3.63, 3.8) is 0 Å². The third-order valence-electron chi connectivity index (χ3n) is 6.95. The highest BCUT2D eigenvalue weighted by molar-refractivity contribution is 7.98. The molecule has 1 atom stereocenters. The molecule has 212 valence electrons. The van der Waals surface area contributed by atoms with Crippen LogP contribution in [0, 0.1) is 12.7 Å². The zero-order chi connectivity index (χ0) is 29.2. The van der Waals surface area contributed by atoms with Gasteiger partial charge in [0.15, 0.2) is 0 Å². The van der Waals surface area contributed by atoms with Crippen LogP contribution in [0.3, 0.4) is 0 Å². The molecule has 5 nitrogen and oxygen atoms in total. The van der Waals surface area contributed by atoms with Gasteiger partial charge < -0.3 is 15.0 Å². The minimum Gasteiger partial charge on any atom is -0.467 e. The van der Waals surface area contributed by atoms with Crippen molar-refractivity contribution < 1.29 is 18.7 Å². The number of ether oxygens (including phenoxy) is 1. The molecule has 0 radical (unpaired) electrons. The van der Waals surface area contributed by atoms with E-state index < -0.39 is 12.0 Å². The molecule has 0 bridgehead atoms. The number of thioether (sulfide) groups is 1. The summed E-state index contributed by atoms with van der Waals surface area (Å²) >= 11 is 1.61. The van der Waals surface area contributed by atoms with E-state index in [1.165, 1.54) is 19.2 Å². The summed E-state index contributed by atoms with van der Waals surface area (Å²) in [5.74, 6) is -0.328. The Hall–Kier alpha value is -4.10. The number of nitrogens with one attached hydrogen (secondary N) is 1. The number of hydrogen-bond donors (Lipinski definition) is 1. The van der Waals surface area contributed by atoms with Crippen molar-refractivity contribution >= 4 is 29.3 Å². The molecule has 41 heavy (non-hydrogen) atoms. The average Bonchev–Trinajstić information content (AvgIpc) is 3.00. The smallest absolute Gasteiger partial charge is 0.328 e. The number of rotatable bonds is 12. The molecule has 0 aromatic heterocycles. The fourth-order valence-corrected chi connectivity index (χ4v) is 5.23. The van der Waals surface area contributed by atoms with Crippen LogP contribution >= 0.6 is 11.8 Å². The zero-order valence-corrected chi connectivity index (χ0v) is 24.4. The van der Waals surface area contributed by atoms with Gasteiger partial charge in [-0.15, -0.1) is 0 Å². The van der Waals surface area contributed by atoms with Crippen molar-refractivity contribution in [3.8, 4) is 11.1 Å². The van der Waals surface area contributed by atoms with Crippen molar-refractivity contribution in [1.82, 2.24) is 5.32 Å². The average molecular weight is 571 g/mol. The number of esters is 1. The summed E-state index contributed by atoms with van der Waals surface area (Å²) in [6.07, 6.45) is 2.44. The monoisotopic (exact) mass is 570 g/mol. The van der Waals surface area contributed by atoms with E-state index in [0.717, 1.165) is 33.5 Å². The van der Waals surface area contributed by atoms with Gasteiger partial charge >= 0.3 is 5.97 Å². The Bertz CT molecular complexity index is 1460. The third-order valence-corrected chi connectivity index (χ3v) is 7.59. The van der Waals surface area contributed by atoms with E-state index in [2.05, 4.69) is 22.3 Å². The molecule has 1 N–H and O–H groups in total. The lowest BCUT2D eigenvalue weighted by atomic mass is 9.93. The zero-order valence-electron chi connectivity index (χ0n) is 23.6. The molecule has 0 saturated heterocycles. The Morgan fingerprint density at radius 2 is 1.54 bits per heavy atom. The lowest BCUT2D eigenvalue weighted by Crippen LogP contribution is -2.42. The van der Waals surface area contributed by atoms with Crippen LogP contribution in [0.1, 0.15) is 33.5 Å². The van der Waals surface area contributed by atoms with E-state index in [1.807, 2.05) is 73.8 Å². The molecule has 4 aromatic rings. The summed E-state index contributed by atoms with van der Waals surface area (Å²) < 4.78 is 18.5. The van der Waals surface area contributed by atoms with E-state index in [0.29, 0.717) is 30.8 Å². The Kier molecular flexibility index (Phi) is 10.6. The summed E-state index contributed by atoms with van der Waals surface area (Å²) in [7, 11) is 1.33. The molecular weight excluding hydrogens is 535 g/mol. The maximum atomic E-state index is 13.6. The summed E-state index contributed by atoms with van der Waals surface area (Å²) in [5, 5.41) is 2.90. The summed E-state index contributed by atoms with van der Waals surface area (Å²) in [6, 6.07) is 29.7. The molecule has 1 amide bonds. The molecule has 4 aromatic carbocycles. The van der Waals surface area contributed by atoms with Gasteiger partial charge in [0.2, 0.25) is 0 Å². The van der Waals surface area contributed by atoms with Gasteiger partial charge in [-0.25, -0.2) is 9.18 Å². The van der Waals surface area contributed by atoms with Crippen LogP contribution in [0.5, 0.6) is 0 Å². The predicted molar refractivity (Wildman–Crippen MR) is 166 cm³/mol. The van der Waals surface area contributed by atoms with E-state index in [4.69, 9.17) is 4.74 Å². The number of halogens is 1. The Balaban J connectivity index is 1.70. The molecule has 7 heteroatoms. The second-order valence-electron chi connectivity index (χ2n) is 9.84. The highest BCUT2D eigenvalue weighted by atomic mass is 32.2. The number of methoxy groups -OCH3 is 1. The van der Waals surface area contributed by atoms with Gasteiger partial charge in [0, 0.05) is 24.3 Å². The SMILES string of the molecule is COC(=O)[C@H](CCSC)NC(=O)c1ccc(CN(Cc2ccc(F)cc2)c2ccccc2)cc1-c1ccccc1C. The van der Waals surface area contributed by atoms with Crippen LogP contribution in [0.4, 0.5) is 10.1 Å². The highest BCUT2D eigenvalue weighted by Crippen LogP contribution is 2.30. The molecule has 0 aliphatic rings. The topological polar surface area (TPSA) is 58.6 Å². The van der Waals surface area contributed by atoms with E-state index in [1.54, 1.807) is 23.9 Å². The quantitative estimate of drug-likeness (QED) is 0.185. The normalized spacial score (nSPS) is 11.5. The van der Waals surface area contributed by atoms with Crippen molar-refractivity contribution in [2.45, 2.75) is 32.5 Å². The molecule has 0 unspecified atom stereocenters. The first-order valence-corrected chi connectivity index (χ1v) is 14.9. The molecule has 0 aliphatic heterocycles. The molecule has 0 saturated carbocycles. The van der Waals surface area contributed by atoms with E-state index in [9.17, 15) is 14.0 Å². The minimum atomic E-state index is -0.728. The Labute approximate surface area is 245 Å². The molecule has 4 rings (SSSR count). The Morgan fingerprint density at radius 1 is 0.878 bits per heavy atom. The number of para-hydroxylation sites is 1. The van der Waals surface area contributed by atoms with Crippen LogP contribution in [0.2, 0.25) is 0 Å². The van der Waals surface area contributed by atoms with Crippen molar-refractivity contribution in [2.75, 3.05) is 24.0 Å². The van der Waals surface area contributed by atoms with Crippen molar-refractivity contribution in [2.24, 2.45) is 0 Å². The highest BCUT2D eigenvalue weighted by Gasteiger charge is 2.24. The number of anilines is 1. The lowest BCUT2D eigenvalue weighted by Gasteiger charge is -2.26. The molecular formula is C34H35FN2O3S. The number of carbonyl (C=O) groups is 2. The molecule has 0 heterocycles. The number of amides is 1. The fourth-order valence-electron chi connectivity index (χ4n) is 4.76. The van der Waals surface area contributed by atoms with Gasteiger partial charge in [-0.05, 0) is 89.6 Å². The summed E-state index contributed by atoms with van der Waals surface area (Å²) in [4.78, 5) is 28.2. The van der Waals surface area contributed by atoms with Crippen LogP contribution in [-0.4, -0.2) is 37.0 Å². The van der Waals surface area contributed by atoms with Gasteiger partial charge in [-0.2, -0.15) is 11.8 Å². The minimum absolute atomic E-state index is 0.264. The van der Waals surface area contributed by atoms with Gasteiger partial charge in [-0.1, -0.05) is 60.7 Å².